The van der Waals surface area contributed by atoms with Crippen molar-refractivity contribution in [1.29, 1.82) is 5.26 Å². The maximum atomic E-state index is 12.4. The molecule has 1 rings (SSSR count). The van der Waals surface area contributed by atoms with Gasteiger partial charge in [0.25, 0.3) is 0 Å². The molecule has 1 saturated heterocycles. The summed E-state index contributed by atoms with van der Waals surface area (Å²) in [4.78, 5) is 25.4. The summed E-state index contributed by atoms with van der Waals surface area (Å²) in [5, 5.41) is 9.26. The molecular formula is C13H21N3O2. The van der Waals surface area contributed by atoms with Gasteiger partial charge >= 0.3 is 0 Å². The Morgan fingerprint density at radius 3 is 2.33 bits per heavy atom. The maximum absolute atomic E-state index is 12.4. The quantitative estimate of drug-likeness (QED) is 0.809. The standard InChI is InChI=1S/C13H21N3O2/c1-4-13(5-2,8-14)11(18)16-7-6-12(3,9-16)10(15)17/h4-7,9H2,1-3H3,(H2,15,17). The van der Waals surface area contributed by atoms with E-state index in [0.29, 0.717) is 32.4 Å². The predicted molar refractivity (Wildman–Crippen MR) is 67.1 cm³/mol. The van der Waals surface area contributed by atoms with Gasteiger partial charge in [0.1, 0.15) is 5.41 Å². The van der Waals surface area contributed by atoms with Crippen molar-refractivity contribution in [2.45, 2.75) is 40.0 Å². The zero-order valence-corrected chi connectivity index (χ0v) is 11.3. The molecule has 0 aromatic carbocycles. The number of hydrogen-bond donors (Lipinski definition) is 1. The minimum Gasteiger partial charge on any atom is -0.369 e. The van der Waals surface area contributed by atoms with Gasteiger partial charge < -0.3 is 10.6 Å². The van der Waals surface area contributed by atoms with Gasteiger partial charge in [-0.25, -0.2) is 0 Å². The molecule has 1 unspecified atom stereocenters. The molecular weight excluding hydrogens is 230 g/mol. The van der Waals surface area contributed by atoms with Gasteiger partial charge in [-0.05, 0) is 26.2 Å². The summed E-state index contributed by atoms with van der Waals surface area (Å²) in [5.41, 5.74) is 3.75. The van der Waals surface area contributed by atoms with E-state index in [1.807, 2.05) is 13.8 Å². The fourth-order valence-electron chi connectivity index (χ4n) is 2.40. The highest BCUT2D eigenvalue weighted by atomic mass is 16.2. The van der Waals surface area contributed by atoms with E-state index in [4.69, 9.17) is 5.73 Å². The Balaban J connectivity index is 2.89. The third kappa shape index (κ3) is 2.20. The molecule has 0 aromatic heterocycles. The van der Waals surface area contributed by atoms with Crippen molar-refractivity contribution in [3.05, 3.63) is 0 Å². The van der Waals surface area contributed by atoms with Crippen LogP contribution in [0.2, 0.25) is 0 Å². The average Bonchev–Trinajstić information content (AvgIpc) is 2.76. The van der Waals surface area contributed by atoms with Gasteiger partial charge in [-0.15, -0.1) is 0 Å². The van der Waals surface area contributed by atoms with E-state index in [2.05, 4.69) is 6.07 Å². The fourth-order valence-corrected chi connectivity index (χ4v) is 2.40. The molecule has 0 aromatic rings. The first-order valence-electron chi connectivity index (χ1n) is 6.36. The second-order valence-electron chi connectivity index (χ2n) is 5.30. The van der Waals surface area contributed by atoms with E-state index >= 15 is 0 Å². The molecule has 0 radical (unpaired) electrons. The Morgan fingerprint density at radius 1 is 1.44 bits per heavy atom. The smallest absolute Gasteiger partial charge is 0.243 e. The number of rotatable bonds is 4. The third-order valence-electron chi connectivity index (χ3n) is 4.19. The zero-order chi connectivity index (χ0) is 14.0. The first-order chi connectivity index (χ1) is 8.35. The first-order valence-corrected chi connectivity index (χ1v) is 6.36. The summed E-state index contributed by atoms with van der Waals surface area (Å²) >= 11 is 0. The molecule has 1 heterocycles. The highest BCUT2D eigenvalue weighted by molar-refractivity contribution is 5.88. The predicted octanol–water partition coefficient (Wildman–Crippen LogP) is 1.04. The van der Waals surface area contributed by atoms with Gasteiger partial charge in [0.05, 0.1) is 11.5 Å². The molecule has 1 aliphatic heterocycles. The fraction of sp³-hybridized carbons (Fsp3) is 0.769. The summed E-state index contributed by atoms with van der Waals surface area (Å²) < 4.78 is 0. The SMILES string of the molecule is CCC(C#N)(CC)C(=O)N1CCC(C)(C(N)=O)C1. The molecule has 5 nitrogen and oxygen atoms in total. The summed E-state index contributed by atoms with van der Waals surface area (Å²) in [7, 11) is 0. The van der Waals surface area contributed by atoms with E-state index in [-0.39, 0.29) is 11.8 Å². The van der Waals surface area contributed by atoms with Crippen molar-refractivity contribution in [2.24, 2.45) is 16.6 Å². The lowest BCUT2D eigenvalue weighted by Crippen LogP contribution is -2.44. The number of primary amides is 1. The Labute approximate surface area is 108 Å². The lowest BCUT2D eigenvalue weighted by molar-refractivity contribution is -0.139. The van der Waals surface area contributed by atoms with Crippen LogP contribution in [0.15, 0.2) is 0 Å². The first kappa shape index (κ1) is 14.5. The molecule has 1 atom stereocenters. The maximum Gasteiger partial charge on any atom is 0.243 e. The van der Waals surface area contributed by atoms with Crippen molar-refractivity contribution in [3.8, 4) is 6.07 Å². The van der Waals surface area contributed by atoms with Crippen LogP contribution in [0.3, 0.4) is 0 Å². The van der Waals surface area contributed by atoms with E-state index in [0.717, 1.165) is 0 Å². The van der Waals surface area contributed by atoms with E-state index in [1.54, 1.807) is 11.8 Å². The van der Waals surface area contributed by atoms with Gasteiger partial charge in [-0.2, -0.15) is 5.26 Å². The van der Waals surface area contributed by atoms with Crippen molar-refractivity contribution in [3.63, 3.8) is 0 Å². The Hall–Kier alpha value is -1.57. The summed E-state index contributed by atoms with van der Waals surface area (Å²) in [6.45, 7) is 6.28. The average molecular weight is 251 g/mol. The minimum absolute atomic E-state index is 0.167. The molecule has 0 bridgehead atoms. The van der Waals surface area contributed by atoms with Gasteiger partial charge in [-0.3, -0.25) is 9.59 Å². The lowest BCUT2D eigenvalue weighted by Gasteiger charge is -2.29. The van der Waals surface area contributed by atoms with Crippen LogP contribution < -0.4 is 5.73 Å². The Bertz CT molecular complexity index is 396. The number of likely N-dealkylation sites (tertiary alicyclic amines) is 1. The number of nitriles is 1. The summed E-state index contributed by atoms with van der Waals surface area (Å²) in [6, 6.07) is 2.14. The van der Waals surface area contributed by atoms with Gasteiger partial charge in [-0.1, -0.05) is 13.8 Å². The zero-order valence-electron chi connectivity index (χ0n) is 11.3. The third-order valence-corrected chi connectivity index (χ3v) is 4.19. The normalized spacial score (nSPS) is 23.8. The lowest BCUT2D eigenvalue weighted by atomic mass is 9.82. The molecule has 1 aliphatic rings. The molecule has 100 valence electrons. The molecule has 0 spiro atoms. The number of carbonyl (C=O) groups is 2. The highest BCUT2D eigenvalue weighted by Crippen LogP contribution is 2.35. The molecule has 0 saturated carbocycles. The van der Waals surface area contributed by atoms with Gasteiger partial charge in [0, 0.05) is 13.1 Å². The van der Waals surface area contributed by atoms with Crippen LogP contribution in [0.4, 0.5) is 0 Å². The van der Waals surface area contributed by atoms with Crippen molar-refractivity contribution >= 4 is 11.8 Å². The monoisotopic (exact) mass is 251 g/mol. The van der Waals surface area contributed by atoms with Crippen LogP contribution in [-0.4, -0.2) is 29.8 Å². The van der Waals surface area contributed by atoms with Crippen molar-refractivity contribution in [2.75, 3.05) is 13.1 Å². The second kappa shape index (κ2) is 4.97. The largest absolute Gasteiger partial charge is 0.369 e. The van der Waals surface area contributed by atoms with Crippen LogP contribution in [0.1, 0.15) is 40.0 Å². The second-order valence-corrected chi connectivity index (χ2v) is 5.30. The summed E-state index contributed by atoms with van der Waals surface area (Å²) in [5.74, 6) is -0.548. The number of amides is 2. The van der Waals surface area contributed by atoms with Crippen LogP contribution in [0.25, 0.3) is 0 Å². The number of carbonyl (C=O) groups excluding carboxylic acids is 2. The van der Waals surface area contributed by atoms with E-state index in [1.165, 1.54) is 0 Å². The molecule has 2 amide bonds. The van der Waals surface area contributed by atoms with Crippen LogP contribution >= 0.6 is 0 Å². The molecule has 5 heteroatoms. The van der Waals surface area contributed by atoms with Crippen molar-refractivity contribution in [1.82, 2.24) is 4.90 Å². The van der Waals surface area contributed by atoms with Gasteiger partial charge in [0.15, 0.2) is 0 Å². The van der Waals surface area contributed by atoms with Gasteiger partial charge in [0.2, 0.25) is 11.8 Å². The number of nitrogens with zero attached hydrogens (tertiary/aromatic N) is 2. The Kier molecular flexibility index (Phi) is 4.00. The Morgan fingerprint density at radius 2 is 2.00 bits per heavy atom. The van der Waals surface area contributed by atoms with E-state index < -0.39 is 10.8 Å². The van der Waals surface area contributed by atoms with Crippen LogP contribution in [-0.2, 0) is 9.59 Å². The van der Waals surface area contributed by atoms with Crippen molar-refractivity contribution < 1.29 is 9.59 Å². The highest BCUT2D eigenvalue weighted by Gasteiger charge is 2.46. The van der Waals surface area contributed by atoms with E-state index in [9.17, 15) is 14.9 Å². The molecule has 1 fully saturated rings. The topological polar surface area (TPSA) is 87.2 Å². The number of nitrogens with two attached hydrogens (primary N) is 1. The molecule has 18 heavy (non-hydrogen) atoms. The number of hydrogen-bond acceptors (Lipinski definition) is 3. The summed E-state index contributed by atoms with van der Waals surface area (Å²) in [6.07, 6.45) is 1.55. The minimum atomic E-state index is -0.955. The van der Waals surface area contributed by atoms with Crippen LogP contribution in [0.5, 0.6) is 0 Å². The molecule has 0 aliphatic carbocycles. The van der Waals surface area contributed by atoms with Crippen LogP contribution in [0, 0.1) is 22.2 Å². The molecule has 2 N–H and O–H groups in total.